The predicted octanol–water partition coefficient (Wildman–Crippen LogP) is 2.10. The average molecular weight is 405 g/mol. The largest absolute Gasteiger partial charge is 0.493 e. The van der Waals surface area contributed by atoms with Crippen molar-refractivity contribution in [1.29, 1.82) is 0 Å². The van der Waals surface area contributed by atoms with Gasteiger partial charge in [-0.15, -0.1) is 0 Å². The molecule has 2 aromatic rings. The van der Waals surface area contributed by atoms with E-state index in [1.165, 1.54) is 31.4 Å². The van der Waals surface area contributed by atoms with Crippen LogP contribution in [-0.4, -0.2) is 51.5 Å². The molecule has 0 aromatic heterocycles. The third-order valence-electron chi connectivity index (χ3n) is 4.14. The van der Waals surface area contributed by atoms with E-state index in [2.05, 4.69) is 0 Å². The number of hydrogen-bond donors (Lipinski definition) is 0. The summed E-state index contributed by atoms with van der Waals surface area (Å²) < 4.78 is 41.4. The molecule has 0 bridgehead atoms. The molecule has 3 rings (SSSR count). The van der Waals surface area contributed by atoms with E-state index in [0.29, 0.717) is 22.4 Å². The van der Waals surface area contributed by atoms with Crippen LogP contribution in [-0.2, 0) is 14.8 Å². The van der Waals surface area contributed by atoms with Gasteiger partial charge >= 0.3 is 5.97 Å². The number of carbonyl (C=O) groups is 2. The highest BCUT2D eigenvalue weighted by Crippen LogP contribution is 2.30. The van der Waals surface area contributed by atoms with Gasteiger partial charge in [0, 0.05) is 0 Å². The summed E-state index contributed by atoms with van der Waals surface area (Å²) in [5, 5.41) is 0. The summed E-state index contributed by atoms with van der Waals surface area (Å²) in [4.78, 5) is 24.5. The van der Waals surface area contributed by atoms with Gasteiger partial charge in [-0.1, -0.05) is 12.1 Å². The summed E-state index contributed by atoms with van der Waals surface area (Å²) in [6.07, 6.45) is 0. The van der Waals surface area contributed by atoms with Crippen molar-refractivity contribution in [2.45, 2.75) is 11.8 Å². The smallest absolute Gasteiger partial charge is 0.338 e. The summed E-state index contributed by atoms with van der Waals surface area (Å²) in [5.41, 5.74) is 0.341. The van der Waals surface area contributed by atoms with Crippen LogP contribution in [0.3, 0.4) is 0 Å². The van der Waals surface area contributed by atoms with Gasteiger partial charge in [-0.05, 0) is 37.3 Å². The number of hydrogen-bond acceptors (Lipinski definition) is 7. The SMILES string of the molecule is CCOc1cc(C(=O)OCCN2C(=O)c3ccccc3S2(=O)=O)ccc1OC. The summed E-state index contributed by atoms with van der Waals surface area (Å²) in [6.45, 7) is 1.66. The van der Waals surface area contributed by atoms with Crippen LogP contribution in [0.2, 0.25) is 0 Å². The highest BCUT2D eigenvalue weighted by atomic mass is 32.2. The van der Waals surface area contributed by atoms with Crippen LogP contribution in [0, 0.1) is 0 Å². The van der Waals surface area contributed by atoms with Crippen LogP contribution < -0.4 is 9.47 Å². The predicted molar refractivity (Wildman–Crippen MR) is 99.1 cm³/mol. The molecule has 0 atom stereocenters. The first-order chi connectivity index (χ1) is 13.4. The van der Waals surface area contributed by atoms with Gasteiger partial charge < -0.3 is 14.2 Å². The minimum absolute atomic E-state index is 0.0390. The number of nitrogens with zero attached hydrogens (tertiary/aromatic N) is 1. The van der Waals surface area contributed by atoms with Crippen molar-refractivity contribution in [1.82, 2.24) is 4.31 Å². The van der Waals surface area contributed by atoms with E-state index in [0.717, 1.165) is 0 Å². The fourth-order valence-electron chi connectivity index (χ4n) is 2.83. The third-order valence-corrected chi connectivity index (χ3v) is 5.98. The molecule has 9 heteroatoms. The number of ether oxygens (including phenoxy) is 3. The van der Waals surface area contributed by atoms with Crippen LogP contribution in [0.4, 0.5) is 0 Å². The molecule has 0 spiro atoms. The van der Waals surface area contributed by atoms with Gasteiger partial charge in [0.15, 0.2) is 11.5 Å². The zero-order chi connectivity index (χ0) is 20.3. The Morgan fingerprint density at radius 1 is 1.11 bits per heavy atom. The van der Waals surface area contributed by atoms with E-state index in [1.54, 1.807) is 25.1 Å². The molecule has 1 heterocycles. The van der Waals surface area contributed by atoms with E-state index >= 15 is 0 Å². The molecule has 0 unspecified atom stereocenters. The standard InChI is InChI=1S/C19H19NO7S/c1-3-26-16-12-13(8-9-15(16)25-2)19(22)27-11-10-20-18(21)14-6-4-5-7-17(14)28(20,23)24/h4-9,12H,3,10-11H2,1-2H3. The number of fused-ring (bicyclic) bond motifs is 1. The summed E-state index contributed by atoms with van der Waals surface area (Å²) in [6, 6.07) is 10.5. The lowest BCUT2D eigenvalue weighted by atomic mass is 10.2. The van der Waals surface area contributed by atoms with Crippen LogP contribution in [0.5, 0.6) is 11.5 Å². The molecule has 0 saturated heterocycles. The Hall–Kier alpha value is -3.07. The highest BCUT2D eigenvalue weighted by molar-refractivity contribution is 7.90. The van der Waals surface area contributed by atoms with Crippen molar-refractivity contribution >= 4 is 21.9 Å². The van der Waals surface area contributed by atoms with Crippen molar-refractivity contribution < 1.29 is 32.2 Å². The monoisotopic (exact) mass is 405 g/mol. The van der Waals surface area contributed by atoms with E-state index in [-0.39, 0.29) is 29.2 Å². The molecule has 28 heavy (non-hydrogen) atoms. The van der Waals surface area contributed by atoms with E-state index < -0.39 is 21.9 Å². The first kappa shape index (κ1) is 19.7. The molecule has 0 N–H and O–H groups in total. The lowest BCUT2D eigenvalue weighted by molar-refractivity contribution is 0.0477. The van der Waals surface area contributed by atoms with Crippen molar-refractivity contribution in [2.75, 3.05) is 26.9 Å². The van der Waals surface area contributed by atoms with Gasteiger partial charge in [-0.2, -0.15) is 0 Å². The second kappa shape index (κ2) is 7.89. The molecule has 1 aliphatic heterocycles. The molecule has 0 fully saturated rings. The molecule has 1 aliphatic rings. The Labute approximate surface area is 162 Å². The maximum Gasteiger partial charge on any atom is 0.338 e. The number of carbonyl (C=O) groups excluding carboxylic acids is 2. The van der Waals surface area contributed by atoms with Crippen LogP contribution >= 0.6 is 0 Å². The molecular formula is C19H19NO7S. The van der Waals surface area contributed by atoms with E-state index in [9.17, 15) is 18.0 Å². The summed E-state index contributed by atoms with van der Waals surface area (Å²) in [5.74, 6) is -0.419. The number of rotatable bonds is 7. The van der Waals surface area contributed by atoms with Crippen molar-refractivity contribution in [2.24, 2.45) is 0 Å². The Bertz CT molecular complexity index is 1020. The zero-order valence-electron chi connectivity index (χ0n) is 15.4. The zero-order valence-corrected chi connectivity index (χ0v) is 16.2. The Kier molecular flexibility index (Phi) is 5.55. The average Bonchev–Trinajstić information content (AvgIpc) is 2.89. The maximum atomic E-state index is 12.5. The molecule has 148 valence electrons. The topological polar surface area (TPSA) is 99.2 Å². The van der Waals surface area contributed by atoms with Crippen molar-refractivity contribution in [3.8, 4) is 11.5 Å². The molecule has 1 amide bonds. The number of esters is 1. The third kappa shape index (κ3) is 3.53. The lowest BCUT2D eigenvalue weighted by Crippen LogP contribution is -2.33. The lowest BCUT2D eigenvalue weighted by Gasteiger charge is -2.15. The maximum absolute atomic E-state index is 12.5. The van der Waals surface area contributed by atoms with E-state index in [1.807, 2.05) is 0 Å². The Morgan fingerprint density at radius 3 is 2.54 bits per heavy atom. The molecule has 8 nitrogen and oxygen atoms in total. The minimum Gasteiger partial charge on any atom is -0.493 e. The van der Waals surface area contributed by atoms with E-state index in [4.69, 9.17) is 14.2 Å². The first-order valence-corrected chi connectivity index (χ1v) is 9.98. The molecule has 2 aromatic carbocycles. The number of methoxy groups -OCH3 is 1. The van der Waals surface area contributed by atoms with Crippen molar-refractivity contribution in [3.63, 3.8) is 0 Å². The molecular weight excluding hydrogens is 386 g/mol. The fraction of sp³-hybridized carbons (Fsp3) is 0.263. The Morgan fingerprint density at radius 2 is 1.86 bits per heavy atom. The van der Waals surface area contributed by atoms with Crippen molar-refractivity contribution in [3.05, 3.63) is 53.6 Å². The quantitative estimate of drug-likeness (QED) is 0.651. The number of sulfonamides is 1. The van der Waals surface area contributed by atoms with Gasteiger partial charge in [0.05, 0.1) is 31.4 Å². The molecule has 0 radical (unpaired) electrons. The van der Waals surface area contributed by atoms with Crippen LogP contribution in [0.25, 0.3) is 0 Å². The van der Waals surface area contributed by atoms with Gasteiger partial charge in [0.1, 0.15) is 11.5 Å². The first-order valence-electron chi connectivity index (χ1n) is 8.54. The normalized spacial score (nSPS) is 14.5. The van der Waals surface area contributed by atoms with Gasteiger partial charge in [0.25, 0.3) is 15.9 Å². The van der Waals surface area contributed by atoms with Gasteiger partial charge in [-0.3, -0.25) is 4.79 Å². The number of benzene rings is 2. The van der Waals surface area contributed by atoms with Gasteiger partial charge in [-0.25, -0.2) is 17.5 Å². The highest BCUT2D eigenvalue weighted by Gasteiger charge is 2.40. The molecule has 0 saturated carbocycles. The van der Waals surface area contributed by atoms with Crippen LogP contribution in [0.1, 0.15) is 27.6 Å². The number of amides is 1. The van der Waals surface area contributed by atoms with Gasteiger partial charge in [0.2, 0.25) is 0 Å². The summed E-state index contributed by atoms with van der Waals surface area (Å²) >= 11 is 0. The summed E-state index contributed by atoms with van der Waals surface area (Å²) in [7, 11) is -2.44. The van der Waals surface area contributed by atoms with Crippen LogP contribution in [0.15, 0.2) is 47.4 Å². The Balaban J connectivity index is 1.67. The second-order valence-electron chi connectivity index (χ2n) is 5.81. The fourth-order valence-corrected chi connectivity index (χ4v) is 4.38. The molecule has 0 aliphatic carbocycles. The second-order valence-corrected chi connectivity index (χ2v) is 7.64. The minimum atomic E-state index is -3.93.